The molecule has 0 spiro atoms. The van der Waals surface area contributed by atoms with Crippen LogP contribution in [0.1, 0.15) is 65.2 Å². The van der Waals surface area contributed by atoms with Gasteiger partial charge >= 0.3 is 11.9 Å². The Morgan fingerprint density at radius 3 is 1.50 bits per heavy atom. The third-order valence-electron chi connectivity index (χ3n) is 4.90. The van der Waals surface area contributed by atoms with Gasteiger partial charge in [0.05, 0.1) is 0 Å². The Hall–Kier alpha value is -1.84. The first-order valence-electron chi connectivity index (χ1n) is 8.93. The average molecular weight is 332 g/mol. The minimum atomic E-state index is -0.495. The van der Waals surface area contributed by atoms with Gasteiger partial charge < -0.3 is 9.47 Å². The highest BCUT2D eigenvalue weighted by molar-refractivity contribution is 5.91. The van der Waals surface area contributed by atoms with Gasteiger partial charge in [-0.3, -0.25) is 0 Å². The van der Waals surface area contributed by atoms with Gasteiger partial charge in [-0.05, 0) is 76.4 Å². The minimum Gasteiger partial charge on any atom is -0.458 e. The molecule has 4 nitrogen and oxygen atoms in total. The first-order valence-corrected chi connectivity index (χ1v) is 8.93. The van der Waals surface area contributed by atoms with Crippen molar-refractivity contribution >= 4 is 11.9 Å². The van der Waals surface area contributed by atoms with Crippen LogP contribution in [0.2, 0.25) is 0 Å². The van der Waals surface area contributed by atoms with Crippen LogP contribution in [0.25, 0.3) is 0 Å². The van der Waals surface area contributed by atoms with Crippen molar-refractivity contribution in [3.8, 4) is 0 Å². The summed E-state index contributed by atoms with van der Waals surface area (Å²) in [4.78, 5) is 23.4. The smallest absolute Gasteiger partial charge is 0.331 e. The van der Waals surface area contributed by atoms with E-state index in [-0.39, 0.29) is 0 Å². The molecule has 0 saturated heterocycles. The van der Waals surface area contributed by atoms with Crippen LogP contribution in [-0.2, 0) is 19.1 Å². The van der Waals surface area contributed by atoms with Crippen LogP contribution in [-0.4, -0.2) is 25.2 Å². The zero-order valence-electron chi connectivity index (χ0n) is 14.9. The zero-order valence-corrected chi connectivity index (χ0v) is 14.9. The molecule has 2 aliphatic carbocycles. The fourth-order valence-electron chi connectivity index (χ4n) is 3.18. The van der Waals surface area contributed by atoms with Crippen LogP contribution in [0, 0.1) is 0 Å². The molecule has 132 valence electrons. The maximum Gasteiger partial charge on any atom is 0.331 e. The molecule has 0 radical (unpaired) electrons. The molecule has 0 saturated carbocycles. The van der Waals surface area contributed by atoms with E-state index in [1.807, 2.05) is 0 Å². The van der Waals surface area contributed by atoms with Crippen molar-refractivity contribution in [2.75, 3.05) is 13.2 Å². The Labute approximate surface area is 144 Å². The van der Waals surface area contributed by atoms with Crippen LogP contribution in [0.4, 0.5) is 0 Å². The monoisotopic (exact) mass is 332 g/mol. The maximum absolute atomic E-state index is 11.7. The van der Waals surface area contributed by atoms with Gasteiger partial charge in [-0.15, -0.1) is 0 Å². The molecule has 0 bridgehead atoms. The molecule has 0 aliphatic heterocycles. The largest absolute Gasteiger partial charge is 0.458 e. The fourth-order valence-corrected chi connectivity index (χ4v) is 3.18. The SMILES string of the molecule is CC1=C(COC(=O)/C=C/C(=O)OCC2=C(C)CCCC2)CCCC1. The predicted molar refractivity (Wildman–Crippen MR) is 93.4 cm³/mol. The Morgan fingerprint density at radius 1 is 0.750 bits per heavy atom. The molecule has 0 N–H and O–H groups in total. The Balaban J connectivity index is 1.71. The maximum atomic E-state index is 11.7. The lowest BCUT2D eigenvalue weighted by Gasteiger charge is -2.17. The number of rotatable bonds is 6. The fraction of sp³-hybridized carbons (Fsp3) is 0.600. The summed E-state index contributed by atoms with van der Waals surface area (Å²) >= 11 is 0. The summed E-state index contributed by atoms with van der Waals surface area (Å²) in [5.74, 6) is -0.989. The van der Waals surface area contributed by atoms with Gasteiger partial charge in [0.15, 0.2) is 0 Å². The normalized spacial score (nSPS) is 18.9. The zero-order chi connectivity index (χ0) is 17.4. The van der Waals surface area contributed by atoms with Gasteiger partial charge in [-0.2, -0.15) is 0 Å². The Morgan fingerprint density at radius 2 is 1.12 bits per heavy atom. The molecule has 2 rings (SSSR count). The second-order valence-corrected chi connectivity index (χ2v) is 6.73. The molecule has 0 amide bonds. The van der Waals surface area contributed by atoms with Gasteiger partial charge in [0.2, 0.25) is 0 Å². The second-order valence-electron chi connectivity index (χ2n) is 6.73. The number of carbonyl (C=O) groups excluding carboxylic acids is 2. The quantitative estimate of drug-likeness (QED) is 0.411. The highest BCUT2D eigenvalue weighted by Gasteiger charge is 2.12. The lowest BCUT2D eigenvalue weighted by Crippen LogP contribution is -2.11. The average Bonchev–Trinajstić information content (AvgIpc) is 2.58. The predicted octanol–water partition coefficient (Wildman–Crippen LogP) is 4.41. The van der Waals surface area contributed by atoms with Crippen molar-refractivity contribution in [3.63, 3.8) is 0 Å². The van der Waals surface area contributed by atoms with Crippen molar-refractivity contribution in [2.24, 2.45) is 0 Å². The van der Waals surface area contributed by atoms with Gasteiger partial charge in [0.25, 0.3) is 0 Å². The molecular formula is C20H28O4. The molecule has 0 atom stereocenters. The van der Waals surface area contributed by atoms with E-state index in [0.717, 1.165) is 50.7 Å². The molecule has 2 aliphatic rings. The number of esters is 2. The molecule has 0 aromatic carbocycles. The highest BCUT2D eigenvalue weighted by Crippen LogP contribution is 2.25. The van der Waals surface area contributed by atoms with Crippen molar-refractivity contribution in [2.45, 2.75) is 65.2 Å². The number of hydrogen-bond acceptors (Lipinski definition) is 4. The van der Waals surface area contributed by atoms with E-state index < -0.39 is 11.9 Å². The van der Waals surface area contributed by atoms with Crippen molar-refractivity contribution in [1.82, 2.24) is 0 Å². The third kappa shape index (κ3) is 5.99. The summed E-state index contributed by atoms with van der Waals surface area (Å²) in [5.41, 5.74) is 5.08. The summed E-state index contributed by atoms with van der Waals surface area (Å²) in [6, 6.07) is 0. The second kappa shape index (κ2) is 9.45. The molecule has 0 aromatic heterocycles. The molecule has 0 fully saturated rings. The van der Waals surface area contributed by atoms with Crippen LogP contribution < -0.4 is 0 Å². The van der Waals surface area contributed by atoms with Crippen LogP contribution in [0.15, 0.2) is 34.4 Å². The molecule has 0 aromatic rings. The summed E-state index contributed by atoms with van der Waals surface area (Å²) in [6.45, 7) is 4.85. The Bertz CT molecular complexity index is 516. The molecule has 0 unspecified atom stereocenters. The number of ether oxygens (including phenoxy) is 2. The molecule has 24 heavy (non-hydrogen) atoms. The van der Waals surface area contributed by atoms with Gasteiger partial charge in [-0.1, -0.05) is 11.1 Å². The Kier molecular flexibility index (Phi) is 7.29. The van der Waals surface area contributed by atoms with Crippen LogP contribution in [0.5, 0.6) is 0 Å². The topological polar surface area (TPSA) is 52.6 Å². The first-order chi connectivity index (χ1) is 11.6. The van der Waals surface area contributed by atoms with Crippen LogP contribution >= 0.6 is 0 Å². The van der Waals surface area contributed by atoms with Crippen molar-refractivity contribution < 1.29 is 19.1 Å². The van der Waals surface area contributed by atoms with E-state index >= 15 is 0 Å². The standard InChI is InChI=1S/C20H28O4/c1-15-7-3-5-9-17(15)13-23-19(21)11-12-20(22)24-14-18-10-6-4-8-16(18)2/h11-12H,3-10,13-14H2,1-2H3/b12-11+. The summed E-state index contributed by atoms with van der Waals surface area (Å²) < 4.78 is 10.4. The van der Waals surface area contributed by atoms with E-state index in [0.29, 0.717) is 13.2 Å². The lowest BCUT2D eigenvalue weighted by molar-refractivity contribution is -0.139. The van der Waals surface area contributed by atoms with Gasteiger partial charge in [0.1, 0.15) is 13.2 Å². The first kappa shape index (κ1) is 18.5. The number of carbonyl (C=O) groups is 2. The minimum absolute atomic E-state index is 0.329. The molecule has 4 heteroatoms. The molecule has 0 heterocycles. The lowest BCUT2D eigenvalue weighted by atomic mass is 9.93. The van der Waals surface area contributed by atoms with E-state index in [9.17, 15) is 9.59 Å². The van der Waals surface area contributed by atoms with Crippen LogP contribution in [0.3, 0.4) is 0 Å². The van der Waals surface area contributed by atoms with Gasteiger partial charge in [-0.25, -0.2) is 9.59 Å². The summed E-state index contributed by atoms with van der Waals surface area (Å²) in [7, 11) is 0. The van der Waals surface area contributed by atoms with E-state index in [1.54, 1.807) is 0 Å². The summed E-state index contributed by atoms with van der Waals surface area (Å²) in [5, 5.41) is 0. The van der Waals surface area contributed by atoms with E-state index in [2.05, 4.69) is 13.8 Å². The highest BCUT2D eigenvalue weighted by atomic mass is 16.5. The van der Waals surface area contributed by atoms with Crippen molar-refractivity contribution in [3.05, 3.63) is 34.4 Å². The van der Waals surface area contributed by atoms with Crippen molar-refractivity contribution in [1.29, 1.82) is 0 Å². The third-order valence-corrected chi connectivity index (χ3v) is 4.90. The molecular weight excluding hydrogens is 304 g/mol. The number of hydrogen-bond donors (Lipinski definition) is 0. The van der Waals surface area contributed by atoms with Gasteiger partial charge in [0, 0.05) is 12.2 Å². The number of allylic oxidation sites excluding steroid dienone is 2. The van der Waals surface area contributed by atoms with E-state index in [1.165, 1.54) is 35.1 Å². The summed E-state index contributed by atoms with van der Waals surface area (Å²) in [6.07, 6.45) is 11.2. The van der Waals surface area contributed by atoms with E-state index in [4.69, 9.17) is 9.47 Å².